The van der Waals surface area contributed by atoms with E-state index in [4.69, 9.17) is 0 Å². The quantitative estimate of drug-likeness (QED) is 0.686. The van der Waals surface area contributed by atoms with Crippen molar-refractivity contribution >= 4 is 33.2 Å². The maximum absolute atomic E-state index is 12.6. The van der Waals surface area contributed by atoms with Crippen molar-refractivity contribution in [2.75, 3.05) is 16.8 Å². The number of carbonyl (C=O) groups excluding carboxylic acids is 1. The summed E-state index contributed by atoms with van der Waals surface area (Å²) in [5, 5.41) is 3.14. The smallest absolute Gasteiger partial charge is 0.228 e. The molecule has 0 spiro atoms. The van der Waals surface area contributed by atoms with Crippen molar-refractivity contribution in [3.63, 3.8) is 0 Å². The summed E-state index contributed by atoms with van der Waals surface area (Å²) >= 11 is 3.54. The lowest BCUT2D eigenvalue weighted by molar-refractivity contribution is -0.115. The number of anilines is 2. The van der Waals surface area contributed by atoms with Crippen LogP contribution in [0.1, 0.15) is 36.1 Å². The van der Waals surface area contributed by atoms with Gasteiger partial charge in [0.2, 0.25) is 5.91 Å². The molecule has 2 aromatic rings. The van der Waals surface area contributed by atoms with Gasteiger partial charge in [0.15, 0.2) is 0 Å². The van der Waals surface area contributed by atoms with E-state index in [1.165, 1.54) is 15.9 Å². The molecule has 1 aliphatic carbocycles. The summed E-state index contributed by atoms with van der Waals surface area (Å²) in [6, 6.07) is 8.69. The van der Waals surface area contributed by atoms with Crippen molar-refractivity contribution in [2.24, 2.45) is 0 Å². The number of carbonyl (C=O) groups is 1. The van der Waals surface area contributed by atoms with Crippen LogP contribution in [-0.2, 0) is 17.9 Å². The zero-order valence-corrected chi connectivity index (χ0v) is 18.1. The number of hydrogen-bond acceptors (Lipinski definition) is 2. The van der Waals surface area contributed by atoms with E-state index in [0.717, 1.165) is 54.9 Å². The number of fused-ring (bicyclic) bond motifs is 1. The topological polar surface area (TPSA) is 37.3 Å². The fourth-order valence-corrected chi connectivity index (χ4v) is 4.60. The fraction of sp³-hybridized carbons (Fsp3) is 0.348. The highest BCUT2D eigenvalue weighted by Crippen LogP contribution is 2.30. The van der Waals surface area contributed by atoms with Crippen molar-refractivity contribution in [3.05, 3.63) is 69.5 Å². The second-order valence-electron chi connectivity index (χ2n) is 7.70. The number of nitrogens with zero attached hydrogens (tertiary/aromatic N) is 2. The monoisotopic (exact) mass is 439 g/mol. The van der Waals surface area contributed by atoms with Crippen LogP contribution in [0.5, 0.6) is 0 Å². The molecule has 146 valence electrons. The highest BCUT2D eigenvalue weighted by atomic mass is 79.9. The van der Waals surface area contributed by atoms with E-state index < -0.39 is 0 Å². The molecule has 2 heterocycles. The molecule has 28 heavy (non-hydrogen) atoms. The van der Waals surface area contributed by atoms with Crippen molar-refractivity contribution < 1.29 is 4.79 Å². The Morgan fingerprint density at radius 1 is 1.21 bits per heavy atom. The number of aryl methyl sites for hydroxylation is 2. The van der Waals surface area contributed by atoms with Crippen LogP contribution in [0.3, 0.4) is 0 Å². The molecule has 0 radical (unpaired) electrons. The van der Waals surface area contributed by atoms with Crippen LogP contribution >= 0.6 is 15.9 Å². The van der Waals surface area contributed by atoms with Crippen LogP contribution < -0.4 is 10.2 Å². The number of benzene rings is 1. The molecule has 0 saturated carbocycles. The summed E-state index contributed by atoms with van der Waals surface area (Å²) in [6.45, 7) is 7.09. The predicted molar refractivity (Wildman–Crippen MR) is 119 cm³/mol. The number of hydrogen-bond donors (Lipinski definition) is 1. The zero-order valence-electron chi connectivity index (χ0n) is 16.5. The van der Waals surface area contributed by atoms with E-state index >= 15 is 0 Å². The molecule has 5 heteroatoms. The Bertz CT molecular complexity index is 947. The third kappa shape index (κ3) is 4.09. The van der Waals surface area contributed by atoms with Crippen LogP contribution in [-0.4, -0.2) is 17.0 Å². The molecule has 1 amide bonds. The van der Waals surface area contributed by atoms with Gasteiger partial charge in [-0.2, -0.15) is 0 Å². The molecule has 2 aliphatic rings. The summed E-state index contributed by atoms with van der Waals surface area (Å²) < 4.78 is 3.49. The summed E-state index contributed by atoms with van der Waals surface area (Å²) in [6.07, 6.45) is 8.80. The van der Waals surface area contributed by atoms with E-state index in [-0.39, 0.29) is 5.91 Å². The first kappa shape index (κ1) is 19.1. The zero-order chi connectivity index (χ0) is 19.7. The Morgan fingerprint density at radius 2 is 2.00 bits per heavy atom. The first-order valence-corrected chi connectivity index (χ1v) is 10.6. The van der Waals surface area contributed by atoms with Crippen molar-refractivity contribution in [3.8, 4) is 0 Å². The van der Waals surface area contributed by atoms with E-state index in [2.05, 4.69) is 87.2 Å². The van der Waals surface area contributed by atoms with Crippen LogP contribution in [0.25, 0.3) is 0 Å². The van der Waals surface area contributed by atoms with Gasteiger partial charge in [-0.3, -0.25) is 4.79 Å². The molecule has 4 rings (SSSR count). The summed E-state index contributed by atoms with van der Waals surface area (Å²) in [5.41, 5.74) is 6.81. The predicted octanol–water partition coefficient (Wildman–Crippen LogP) is 5.45. The molecule has 4 nitrogen and oxygen atoms in total. The number of aromatic nitrogens is 1. The maximum atomic E-state index is 12.6. The van der Waals surface area contributed by atoms with Crippen molar-refractivity contribution in [1.29, 1.82) is 0 Å². The normalized spacial score (nSPS) is 16.3. The van der Waals surface area contributed by atoms with Crippen LogP contribution in [0.2, 0.25) is 0 Å². The molecular weight excluding hydrogens is 414 g/mol. The first-order chi connectivity index (χ1) is 13.5. The second kappa shape index (κ2) is 8.00. The Labute approximate surface area is 175 Å². The Hall–Kier alpha value is -2.27. The fourth-order valence-electron chi connectivity index (χ4n) is 4.07. The standard InChI is InChI=1S/C23H26BrN3O/c1-16-11-21(27-10-9-26-8-4-7-20(26)15-27)12-17(2)23(16)25-22(28)14-18-5-3-6-19(24)13-18/h4-5,7-8,11-13H,3,6,9-10,14-15H2,1-2H3,(H,25,28). The van der Waals surface area contributed by atoms with Gasteiger partial charge in [0.25, 0.3) is 0 Å². The average molecular weight is 440 g/mol. The molecule has 0 fully saturated rings. The van der Waals surface area contributed by atoms with Gasteiger partial charge in [0, 0.05) is 36.4 Å². The molecule has 1 aromatic heterocycles. The third-order valence-corrected chi connectivity index (χ3v) is 6.16. The lowest BCUT2D eigenvalue weighted by Gasteiger charge is -2.31. The van der Waals surface area contributed by atoms with Crippen LogP contribution in [0.15, 0.2) is 52.7 Å². The van der Waals surface area contributed by atoms with E-state index in [0.29, 0.717) is 6.42 Å². The third-order valence-electron chi connectivity index (χ3n) is 5.53. The van der Waals surface area contributed by atoms with Crippen LogP contribution in [0, 0.1) is 13.8 Å². The van der Waals surface area contributed by atoms with Gasteiger partial charge in [0.1, 0.15) is 0 Å². The van der Waals surface area contributed by atoms with Crippen molar-refractivity contribution in [1.82, 2.24) is 4.57 Å². The van der Waals surface area contributed by atoms with E-state index in [1.807, 2.05) is 0 Å². The van der Waals surface area contributed by atoms with Gasteiger partial charge < -0.3 is 14.8 Å². The molecule has 0 unspecified atom stereocenters. The highest BCUT2D eigenvalue weighted by Gasteiger charge is 2.18. The minimum absolute atomic E-state index is 0.0412. The van der Waals surface area contributed by atoms with Gasteiger partial charge >= 0.3 is 0 Å². The summed E-state index contributed by atoms with van der Waals surface area (Å²) in [7, 11) is 0. The molecule has 1 N–H and O–H groups in total. The lowest BCUT2D eigenvalue weighted by atomic mass is 10.0. The van der Waals surface area contributed by atoms with Gasteiger partial charge in [-0.15, -0.1) is 0 Å². The van der Waals surface area contributed by atoms with Gasteiger partial charge in [-0.25, -0.2) is 0 Å². The largest absolute Gasteiger partial charge is 0.364 e. The van der Waals surface area contributed by atoms with E-state index in [9.17, 15) is 4.79 Å². The lowest BCUT2D eigenvalue weighted by Crippen LogP contribution is -2.33. The van der Waals surface area contributed by atoms with Crippen molar-refractivity contribution in [2.45, 2.75) is 46.2 Å². The number of rotatable bonds is 4. The van der Waals surface area contributed by atoms with Gasteiger partial charge in [-0.1, -0.05) is 22.0 Å². The average Bonchev–Trinajstić information content (AvgIpc) is 3.12. The number of nitrogens with one attached hydrogen (secondary N) is 1. The molecule has 0 saturated heterocycles. The molecule has 0 atom stereocenters. The first-order valence-electron chi connectivity index (χ1n) is 9.85. The highest BCUT2D eigenvalue weighted by molar-refractivity contribution is 9.11. The minimum Gasteiger partial charge on any atom is -0.364 e. The minimum atomic E-state index is 0.0412. The number of amides is 1. The second-order valence-corrected chi connectivity index (χ2v) is 8.72. The maximum Gasteiger partial charge on any atom is 0.228 e. The van der Waals surface area contributed by atoms with E-state index in [1.54, 1.807) is 0 Å². The molecule has 0 bridgehead atoms. The summed E-state index contributed by atoms with van der Waals surface area (Å²) in [4.78, 5) is 15.0. The van der Waals surface area contributed by atoms with Gasteiger partial charge in [-0.05, 0) is 78.2 Å². The molecule has 1 aliphatic heterocycles. The molecule has 1 aromatic carbocycles. The summed E-state index contributed by atoms with van der Waals surface area (Å²) in [5.74, 6) is 0.0412. The number of allylic oxidation sites excluding steroid dienone is 3. The van der Waals surface area contributed by atoms with Crippen LogP contribution in [0.4, 0.5) is 11.4 Å². The van der Waals surface area contributed by atoms with Gasteiger partial charge in [0.05, 0.1) is 13.0 Å². The number of halogens is 1. The SMILES string of the molecule is Cc1cc(N2CCn3cccc3C2)cc(C)c1NC(=O)CC1=CCCC(Br)=C1. The Morgan fingerprint density at radius 3 is 2.75 bits per heavy atom. The Balaban J connectivity index is 1.47. The Kier molecular flexibility index (Phi) is 5.44. The molecular formula is C23H26BrN3O.